The summed E-state index contributed by atoms with van der Waals surface area (Å²) < 4.78 is 4.79. The Morgan fingerprint density at radius 3 is 2.81 bits per heavy atom. The van der Waals surface area contributed by atoms with Crippen LogP contribution in [0, 0.1) is 16.0 Å². The van der Waals surface area contributed by atoms with Crippen LogP contribution in [0.4, 0.5) is 5.69 Å². The van der Waals surface area contributed by atoms with Gasteiger partial charge in [0.1, 0.15) is 0 Å². The van der Waals surface area contributed by atoms with Crippen molar-refractivity contribution in [2.45, 2.75) is 44.4 Å². The molecule has 5 nitrogen and oxygen atoms in total. The number of hydrogen-bond donors (Lipinski definition) is 0. The minimum absolute atomic E-state index is 0.119. The van der Waals surface area contributed by atoms with Gasteiger partial charge in [-0.05, 0) is 30.2 Å². The Kier molecular flexibility index (Phi) is 5.31. The molecule has 0 bridgehead atoms. The molecule has 2 unspecified atom stereocenters. The molecule has 0 N–H and O–H groups in total. The molecule has 0 heterocycles. The van der Waals surface area contributed by atoms with Gasteiger partial charge in [-0.25, -0.2) is 0 Å². The van der Waals surface area contributed by atoms with Crippen molar-refractivity contribution >= 4 is 11.7 Å². The van der Waals surface area contributed by atoms with Gasteiger partial charge in [0.05, 0.1) is 12.0 Å². The van der Waals surface area contributed by atoms with Gasteiger partial charge in [-0.1, -0.05) is 31.4 Å². The predicted molar refractivity (Wildman–Crippen MR) is 79.0 cm³/mol. The first-order chi connectivity index (χ1) is 10.1. The Balaban J connectivity index is 2.25. The van der Waals surface area contributed by atoms with Crippen LogP contribution in [0.1, 0.15) is 50.0 Å². The van der Waals surface area contributed by atoms with Crippen LogP contribution in [-0.4, -0.2) is 18.0 Å². The maximum atomic E-state index is 11.6. The minimum atomic E-state index is -0.366. The summed E-state index contributed by atoms with van der Waals surface area (Å²) in [6.07, 6.45) is 5.70. The Morgan fingerprint density at radius 2 is 2.10 bits per heavy atom. The van der Waals surface area contributed by atoms with Crippen molar-refractivity contribution in [2.75, 3.05) is 7.11 Å². The molecule has 0 saturated heterocycles. The SMILES string of the molecule is COC(=O)CC1CCCCCC1c1cccc([N+](=O)[O-])c1. The Hall–Kier alpha value is -1.91. The van der Waals surface area contributed by atoms with Gasteiger partial charge < -0.3 is 4.74 Å². The first-order valence-electron chi connectivity index (χ1n) is 7.43. The monoisotopic (exact) mass is 291 g/mol. The van der Waals surface area contributed by atoms with Gasteiger partial charge >= 0.3 is 5.97 Å². The van der Waals surface area contributed by atoms with Gasteiger partial charge in [-0.3, -0.25) is 14.9 Å². The normalized spacial score (nSPS) is 22.3. The molecule has 0 aromatic heterocycles. The zero-order valence-electron chi connectivity index (χ0n) is 12.3. The lowest BCUT2D eigenvalue weighted by atomic mass is 9.80. The highest BCUT2D eigenvalue weighted by molar-refractivity contribution is 5.69. The minimum Gasteiger partial charge on any atom is -0.469 e. The number of rotatable bonds is 4. The van der Waals surface area contributed by atoms with Gasteiger partial charge in [0, 0.05) is 18.6 Å². The molecule has 1 aliphatic rings. The highest BCUT2D eigenvalue weighted by Gasteiger charge is 2.28. The zero-order chi connectivity index (χ0) is 15.2. The summed E-state index contributed by atoms with van der Waals surface area (Å²) in [6.45, 7) is 0. The fourth-order valence-electron chi connectivity index (χ4n) is 3.23. The highest BCUT2D eigenvalue weighted by Crippen LogP contribution is 2.39. The van der Waals surface area contributed by atoms with Crippen LogP contribution in [0.15, 0.2) is 24.3 Å². The number of hydrogen-bond acceptors (Lipinski definition) is 4. The van der Waals surface area contributed by atoms with Crippen molar-refractivity contribution in [3.8, 4) is 0 Å². The van der Waals surface area contributed by atoms with Gasteiger partial charge in [-0.15, -0.1) is 0 Å². The lowest BCUT2D eigenvalue weighted by Gasteiger charge is -2.24. The van der Waals surface area contributed by atoms with Crippen LogP contribution in [-0.2, 0) is 9.53 Å². The number of nitro benzene ring substituents is 1. The number of methoxy groups -OCH3 is 1. The molecule has 21 heavy (non-hydrogen) atoms. The number of nitrogens with zero attached hydrogens (tertiary/aromatic N) is 1. The van der Waals surface area contributed by atoms with Gasteiger partial charge in [-0.2, -0.15) is 0 Å². The van der Waals surface area contributed by atoms with E-state index in [9.17, 15) is 14.9 Å². The average molecular weight is 291 g/mol. The predicted octanol–water partition coefficient (Wildman–Crippen LogP) is 3.82. The first-order valence-corrected chi connectivity index (χ1v) is 7.43. The molecule has 1 fully saturated rings. The van der Waals surface area contributed by atoms with Crippen LogP contribution in [0.2, 0.25) is 0 Å². The van der Waals surface area contributed by atoms with E-state index in [1.807, 2.05) is 6.07 Å². The molecular formula is C16H21NO4. The second kappa shape index (κ2) is 7.20. The third-order valence-electron chi connectivity index (χ3n) is 4.32. The number of nitro groups is 1. The fourth-order valence-corrected chi connectivity index (χ4v) is 3.23. The zero-order valence-corrected chi connectivity index (χ0v) is 12.3. The maximum Gasteiger partial charge on any atom is 0.305 e. The van der Waals surface area contributed by atoms with E-state index >= 15 is 0 Å². The Morgan fingerprint density at radius 1 is 1.33 bits per heavy atom. The van der Waals surface area contributed by atoms with Crippen LogP contribution in [0.3, 0.4) is 0 Å². The molecule has 5 heteroatoms. The van der Waals surface area contributed by atoms with E-state index in [1.54, 1.807) is 12.1 Å². The molecule has 1 aromatic rings. The summed E-state index contributed by atoms with van der Waals surface area (Å²) in [6, 6.07) is 6.83. The Bertz CT molecular complexity index is 515. The second-order valence-electron chi connectivity index (χ2n) is 5.64. The van der Waals surface area contributed by atoms with Crippen LogP contribution in [0.5, 0.6) is 0 Å². The second-order valence-corrected chi connectivity index (χ2v) is 5.64. The summed E-state index contributed by atoms with van der Waals surface area (Å²) in [4.78, 5) is 22.2. The van der Waals surface area contributed by atoms with Crippen molar-refractivity contribution < 1.29 is 14.5 Å². The molecule has 0 aliphatic heterocycles. The summed E-state index contributed by atoms with van der Waals surface area (Å²) >= 11 is 0. The third kappa shape index (κ3) is 4.03. The van der Waals surface area contributed by atoms with Crippen LogP contribution < -0.4 is 0 Å². The molecule has 2 rings (SSSR count). The molecule has 1 aliphatic carbocycles. The molecule has 1 saturated carbocycles. The number of non-ortho nitro benzene ring substituents is 1. The highest BCUT2D eigenvalue weighted by atomic mass is 16.6. The molecule has 114 valence electrons. The first kappa shape index (κ1) is 15.5. The fraction of sp³-hybridized carbons (Fsp3) is 0.562. The number of carbonyl (C=O) groups is 1. The van der Waals surface area contributed by atoms with Crippen LogP contribution >= 0.6 is 0 Å². The molecule has 0 spiro atoms. The summed E-state index contributed by atoms with van der Waals surface area (Å²) in [7, 11) is 1.40. The summed E-state index contributed by atoms with van der Waals surface area (Å²) in [5.41, 5.74) is 1.09. The van der Waals surface area contributed by atoms with Gasteiger partial charge in [0.2, 0.25) is 0 Å². The van der Waals surface area contributed by atoms with E-state index in [0.29, 0.717) is 6.42 Å². The average Bonchev–Trinajstić information content (AvgIpc) is 2.72. The summed E-state index contributed by atoms with van der Waals surface area (Å²) in [5, 5.41) is 10.9. The van der Waals surface area contributed by atoms with Gasteiger partial charge in [0.15, 0.2) is 0 Å². The molecule has 0 amide bonds. The smallest absolute Gasteiger partial charge is 0.305 e. The molecule has 1 aromatic carbocycles. The van der Waals surface area contributed by atoms with Crippen molar-refractivity contribution in [1.82, 2.24) is 0 Å². The van der Waals surface area contributed by atoms with Crippen molar-refractivity contribution in [3.05, 3.63) is 39.9 Å². The number of carbonyl (C=O) groups excluding carboxylic acids is 1. The summed E-state index contributed by atoms with van der Waals surface area (Å²) in [5.74, 6) is 0.214. The lowest BCUT2D eigenvalue weighted by molar-refractivity contribution is -0.384. The van der Waals surface area contributed by atoms with E-state index in [4.69, 9.17) is 4.74 Å². The number of ether oxygens (including phenoxy) is 1. The van der Waals surface area contributed by atoms with E-state index in [2.05, 4.69) is 0 Å². The molecule has 0 radical (unpaired) electrons. The van der Waals surface area contributed by atoms with E-state index < -0.39 is 0 Å². The third-order valence-corrected chi connectivity index (χ3v) is 4.32. The maximum absolute atomic E-state index is 11.6. The van der Waals surface area contributed by atoms with E-state index in [-0.39, 0.29) is 28.4 Å². The molecule has 2 atom stereocenters. The molecular weight excluding hydrogens is 270 g/mol. The number of esters is 1. The van der Waals surface area contributed by atoms with Crippen molar-refractivity contribution in [3.63, 3.8) is 0 Å². The van der Waals surface area contributed by atoms with Crippen LogP contribution in [0.25, 0.3) is 0 Å². The van der Waals surface area contributed by atoms with Gasteiger partial charge in [0.25, 0.3) is 5.69 Å². The topological polar surface area (TPSA) is 69.4 Å². The van der Waals surface area contributed by atoms with Crippen molar-refractivity contribution in [1.29, 1.82) is 0 Å². The van der Waals surface area contributed by atoms with Crippen molar-refractivity contribution in [2.24, 2.45) is 5.92 Å². The lowest BCUT2D eigenvalue weighted by Crippen LogP contribution is -2.17. The van der Waals surface area contributed by atoms with E-state index in [1.165, 1.54) is 13.2 Å². The standard InChI is InChI=1S/C16H21NO4/c1-21-16(18)11-13-6-3-2-4-9-15(13)12-7-5-8-14(10-12)17(19)20/h5,7-8,10,13,15H,2-4,6,9,11H2,1H3. The van der Waals surface area contributed by atoms with E-state index in [0.717, 1.165) is 37.7 Å². The Labute approximate surface area is 124 Å². The largest absolute Gasteiger partial charge is 0.469 e. The quantitative estimate of drug-likeness (QED) is 0.366. The number of benzene rings is 1.